The van der Waals surface area contributed by atoms with Crippen LogP contribution in [0.1, 0.15) is 23.6 Å². The van der Waals surface area contributed by atoms with Gasteiger partial charge in [0.25, 0.3) is 0 Å². The smallest absolute Gasteiger partial charge is 0.203 e. The predicted molar refractivity (Wildman–Crippen MR) is 99.0 cm³/mol. The Labute approximate surface area is 148 Å². The van der Waals surface area contributed by atoms with Crippen LogP contribution in [0.5, 0.6) is 17.2 Å². The van der Waals surface area contributed by atoms with Crippen molar-refractivity contribution < 1.29 is 14.2 Å². The number of nitrogens with zero attached hydrogens (tertiary/aromatic N) is 1. The maximum absolute atomic E-state index is 9.24. The Hall–Kier alpha value is -3.13. The first kappa shape index (κ1) is 18.2. The highest BCUT2D eigenvalue weighted by Crippen LogP contribution is 2.41. The number of aryl methyl sites for hydroxylation is 1. The first-order valence-electron chi connectivity index (χ1n) is 7.88. The van der Waals surface area contributed by atoms with Gasteiger partial charge in [0.05, 0.1) is 27.4 Å². The average molecular weight is 338 g/mol. The van der Waals surface area contributed by atoms with Crippen molar-refractivity contribution in [2.24, 2.45) is 0 Å². The summed E-state index contributed by atoms with van der Waals surface area (Å²) in [7, 11) is 4.67. The quantitative estimate of drug-likeness (QED) is 0.640. The molecule has 0 heterocycles. The summed E-state index contributed by atoms with van der Waals surface area (Å²) in [6, 6.07) is 11.5. The van der Waals surface area contributed by atoms with E-state index >= 15 is 0 Å². The molecule has 0 aliphatic heterocycles. The molecule has 0 saturated heterocycles. The van der Waals surface area contributed by atoms with E-state index in [9.17, 15) is 5.26 Å². The molecule has 0 fully saturated rings. The van der Waals surface area contributed by atoms with E-state index in [-0.39, 0.29) is 0 Å². The van der Waals surface area contributed by atoms with Crippen LogP contribution in [-0.4, -0.2) is 21.3 Å². The standard InChI is InChI=1S/C20H22N2O3/c1-5-13-6-7-14(10-17(13)22)16(8-9-21)15-11-18(23-2)20(25-4)19(12-15)24-3/h6-8,10-12H,5,22H2,1-4H3. The third-order valence-corrected chi connectivity index (χ3v) is 4.02. The molecule has 0 aliphatic rings. The second-order valence-corrected chi connectivity index (χ2v) is 5.37. The minimum Gasteiger partial charge on any atom is -0.493 e. The van der Waals surface area contributed by atoms with E-state index in [1.54, 1.807) is 21.3 Å². The monoisotopic (exact) mass is 338 g/mol. The van der Waals surface area contributed by atoms with Gasteiger partial charge >= 0.3 is 0 Å². The van der Waals surface area contributed by atoms with Crippen LogP contribution >= 0.6 is 0 Å². The summed E-state index contributed by atoms with van der Waals surface area (Å²) >= 11 is 0. The molecule has 0 aliphatic carbocycles. The van der Waals surface area contributed by atoms with E-state index < -0.39 is 0 Å². The van der Waals surface area contributed by atoms with Crippen LogP contribution in [0.15, 0.2) is 36.4 Å². The zero-order valence-corrected chi connectivity index (χ0v) is 14.9. The van der Waals surface area contributed by atoms with Gasteiger partial charge in [-0.2, -0.15) is 5.26 Å². The van der Waals surface area contributed by atoms with Crippen LogP contribution < -0.4 is 19.9 Å². The molecule has 2 N–H and O–H groups in total. The number of ether oxygens (including phenoxy) is 3. The molecule has 130 valence electrons. The Balaban J connectivity index is 2.64. The summed E-state index contributed by atoms with van der Waals surface area (Å²) in [4.78, 5) is 0. The molecule has 0 spiro atoms. The largest absolute Gasteiger partial charge is 0.493 e. The van der Waals surface area contributed by atoms with Crippen molar-refractivity contribution in [2.45, 2.75) is 13.3 Å². The number of nitrogen functional groups attached to an aromatic ring is 1. The van der Waals surface area contributed by atoms with Crippen LogP contribution in [0, 0.1) is 11.3 Å². The highest BCUT2D eigenvalue weighted by Gasteiger charge is 2.16. The van der Waals surface area contributed by atoms with Crippen LogP contribution in [-0.2, 0) is 6.42 Å². The Morgan fingerprint density at radius 1 is 1.04 bits per heavy atom. The van der Waals surface area contributed by atoms with Gasteiger partial charge in [0.2, 0.25) is 5.75 Å². The zero-order chi connectivity index (χ0) is 18.4. The normalized spacial score (nSPS) is 10.9. The number of nitriles is 1. The molecule has 2 aromatic rings. The molecule has 0 atom stereocenters. The number of benzene rings is 2. The Bertz CT molecular complexity index is 810. The molecular weight excluding hydrogens is 316 g/mol. The van der Waals surface area contributed by atoms with Gasteiger partial charge in [-0.1, -0.05) is 19.1 Å². The fourth-order valence-corrected chi connectivity index (χ4v) is 2.72. The van der Waals surface area contributed by atoms with Crippen molar-refractivity contribution >= 4 is 11.3 Å². The van der Waals surface area contributed by atoms with Crippen LogP contribution in [0.2, 0.25) is 0 Å². The number of nitrogens with two attached hydrogens (primary N) is 1. The molecule has 2 aromatic carbocycles. The lowest BCUT2D eigenvalue weighted by atomic mass is 9.95. The van der Waals surface area contributed by atoms with E-state index in [4.69, 9.17) is 19.9 Å². The van der Waals surface area contributed by atoms with E-state index in [0.29, 0.717) is 22.9 Å². The molecule has 0 amide bonds. The van der Waals surface area contributed by atoms with Crippen molar-refractivity contribution in [1.29, 1.82) is 5.26 Å². The van der Waals surface area contributed by atoms with E-state index in [1.807, 2.05) is 30.3 Å². The molecule has 5 heteroatoms. The molecule has 0 radical (unpaired) electrons. The lowest BCUT2D eigenvalue weighted by Gasteiger charge is -2.16. The summed E-state index contributed by atoms with van der Waals surface area (Å²) in [5, 5.41) is 9.24. The van der Waals surface area contributed by atoms with Gasteiger partial charge in [-0.15, -0.1) is 0 Å². The highest BCUT2D eigenvalue weighted by atomic mass is 16.5. The number of methoxy groups -OCH3 is 3. The molecule has 0 aromatic heterocycles. The number of anilines is 1. The molecular formula is C20H22N2O3. The van der Waals surface area contributed by atoms with E-state index in [2.05, 4.69) is 13.0 Å². The minimum atomic E-state index is 0.505. The third-order valence-electron chi connectivity index (χ3n) is 4.02. The number of rotatable bonds is 6. The van der Waals surface area contributed by atoms with Crippen LogP contribution in [0.3, 0.4) is 0 Å². The molecule has 0 bridgehead atoms. The fourth-order valence-electron chi connectivity index (χ4n) is 2.72. The zero-order valence-electron chi connectivity index (χ0n) is 14.9. The van der Waals surface area contributed by atoms with Gasteiger partial charge in [0, 0.05) is 11.8 Å². The topological polar surface area (TPSA) is 77.5 Å². The van der Waals surface area contributed by atoms with Gasteiger partial charge in [-0.25, -0.2) is 0 Å². The molecule has 0 saturated carbocycles. The maximum Gasteiger partial charge on any atom is 0.203 e. The lowest BCUT2D eigenvalue weighted by Crippen LogP contribution is -1.99. The highest BCUT2D eigenvalue weighted by molar-refractivity contribution is 5.84. The molecule has 25 heavy (non-hydrogen) atoms. The third kappa shape index (κ3) is 3.69. The SMILES string of the molecule is CCc1ccc(C(=CC#N)c2cc(OC)c(OC)c(OC)c2)cc1N. The summed E-state index contributed by atoms with van der Waals surface area (Å²) in [5.74, 6) is 1.56. The minimum absolute atomic E-state index is 0.505. The first-order chi connectivity index (χ1) is 12.1. The summed E-state index contributed by atoms with van der Waals surface area (Å²) in [6.07, 6.45) is 2.34. The van der Waals surface area contributed by atoms with Gasteiger partial charge in [0.15, 0.2) is 11.5 Å². The number of hydrogen-bond acceptors (Lipinski definition) is 5. The van der Waals surface area contributed by atoms with Gasteiger partial charge in [-0.3, -0.25) is 0 Å². The van der Waals surface area contributed by atoms with Crippen molar-refractivity contribution in [3.8, 4) is 23.3 Å². The predicted octanol–water partition coefficient (Wildman–Crippen LogP) is 3.81. The van der Waals surface area contributed by atoms with Crippen molar-refractivity contribution in [3.05, 3.63) is 53.1 Å². The van der Waals surface area contributed by atoms with Crippen molar-refractivity contribution in [2.75, 3.05) is 27.1 Å². The molecule has 0 unspecified atom stereocenters. The number of allylic oxidation sites excluding steroid dienone is 1. The van der Waals surface area contributed by atoms with Gasteiger partial charge in [0.1, 0.15) is 0 Å². The van der Waals surface area contributed by atoms with Crippen LogP contribution in [0.4, 0.5) is 5.69 Å². The summed E-state index contributed by atoms with van der Waals surface area (Å²) in [6.45, 7) is 2.05. The first-order valence-corrected chi connectivity index (χ1v) is 7.88. The maximum atomic E-state index is 9.24. The van der Waals surface area contributed by atoms with E-state index in [0.717, 1.165) is 28.7 Å². The second kappa shape index (κ2) is 8.11. The van der Waals surface area contributed by atoms with Crippen molar-refractivity contribution in [1.82, 2.24) is 0 Å². The Morgan fingerprint density at radius 2 is 1.68 bits per heavy atom. The second-order valence-electron chi connectivity index (χ2n) is 5.37. The molecule has 5 nitrogen and oxygen atoms in total. The van der Waals surface area contributed by atoms with E-state index in [1.165, 1.54) is 6.08 Å². The molecule has 2 rings (SSSR count). The van der Waals surface area contributed by atoms with Gasteiger partial charge in [-0.05, 0) is 46.9 Å². The lowest BCUT2D eigenvalue weighted by molar-refractivity contribution is 0.324. The average Bonchev–Trinajstić information content (AvgIpc) is 2.64. The number of hydrogen-bond donors (Lipinski definition) is 1. The Morgan fingerprint density at radius 3 is 2.12 bits per heavy atom. The summed E-state index contributed by atoms with van der Waals surface area (Å²) in [5.41, 5.74) is 10.3. The Kier molecular flexibility index (Phi) is 5.91. The fraction of sp³-hybridized carbons (Fsp3) is 0.250. The van der Waals surface area contributed by atoms with Crippen LogP contribution in [0.25, 0.3) is 5.57 Å². The summed E-state index contributed by atoms with van der Waals surface area (Å²) < 4.78 is 16.2. The van der Waals surface area contributed by atoms with Crippen molar-refractivity contribution in [3.63, 3.8) is 0 Å². The van der Waals surface area contributed by atoms with Gasteiger partial charge < -0.3 is 19.9 Å².